The Labute approximate surface area is 98.6 Å². The molecule has 4 nitrogen and oxygen atoms in total. The number of hydrogen-bond donors (Lipinski definition) is 1. The van der Waals surface area contributed by atoms with Crippen LogP contribution in [0.1, 0.15) is 18.4 Å². The minimum absolute atomic E-state index is 0.647. The Morgan fingerprint density at radius 1 is 1.40 bits per heavy atom. The minimum atomic E-state index is 0.647. The number of halogens is 1. The van der Waals surface area contributed by atoms with Gasteiger partial charge in [-0.1, -0.05) is 6.92 Å². The van der Waals surface area contributed by atoms with E-state index in [-0.39, 0.29) is 0 Å². The van der Waals surface area contributed by atoms with Crippen LogP contribution in [0.5, 0.6) is 0 Å². The number of hydrogen-bond acceptors (Lipinski definition) is 4. The Hall–Kier alpha value is -0.680. The van der Waals surface area contributed by atoms with Crippen LogP contribution in [0.4, 0.5) is 5.82 Å². The zero-order chi connectivity index (χ0) is 11.3. The van der Waals surface area contributed by atoms with E-state index in [4.69, 9.17) is 4.74 Å². The molecule has 0 saturated heterocycles. The second-order valence-corrected chi connectivity index (χ2v) is 3.89. The Bertz CT molecular complexity index is 305. The van der Waals surface area contributed by atoms with Gasteiger partial charge in [-0.05, 0) is 22.4 Å². The van der Waals surface area contributed by atoms with Gasteiger partial charge in [0, 0.05) is 20.6 Å². The highest BCUT2D eigenvalue weighted by molar-refractivity contribution is 9.10. The normalized spacial score (nSPS) is 10.4. The van der Waals surface area contributed by atoms with Crippen molar-refractivity contribution >= 4 is 21.7 Å². The van der Waals surface area contributed by atoms with E-state index < -0.39 is 0 Å². The number of nitrogens with zero attached hydrogens (tertiary/aromatic N) is 2. The van der Waals surface area contributed by atoms with Crippen molar-refractivity contribution in [3.63, 3.8) is 0 Å². The van der Waals surface area contributed by atoms with Gasteiger partial charge in [0.2, 0.25) is 0 Å². The third-order valence-corrected chi connectivity index (χ3v) is 2.90. The van der Waals surface area contributed by atoms with Crippen molar-refractivity contribution in [2.75, 3.05) is 26.1 Å². The van der Waals surface area contributed by atoms with Crippen LogP contribution in [0.2, 0.25) is 0 Å². The lowest BCUT2D eigenvalue weighted by atomic mass is 10.3. The fourth-order valence-corrected chi connectivity index (χ4v) is 1.91. The molecule has 1 aromatic rings. The molecule has 1 rings (SSSR count). The van der Waals surface area contributed by atoms with Crippen LogP contribution in [0.25, 0.3) is 0 Å². The second kappa shape index (κ2) is 6.02. The smallest absolute Gasteiger partial charge is 0.144 e. The molecule has 0 aliphatic rings. The summed E-state index contributed by atoms with van der Waals surface area (Å²) in [6, 6.07) is 0. The first-order chi connectivity index (χ1) is 7.22. The van der Waals surface area contributed by atoms with Crippen molar-refractivity contribution in [2.24, 2.45) is 0 Å². The highest BCUT2D eigenvalue weighted by Gasteiger charge is 2.09. The van der Waals surface area contributed by atoms with Gasteiger partial charge in [0.25, 0.3) is 0 Å². The number of ether oxygens (including phenoxy) is 1. The molecule has 0 radical (unpaired) electrons. The van der Waals surface area contributed by atoms with Crippen molar-refractivity contribution in [3.05, 3.63) is 16.0 Å². The molecule has 0 amide bonds. The Kier molecular flexibility index (Phi) is 4.98. The van der Waals surface area contributed by atoms with Gasteiger partial charge < -0.3 is 10.1 Å². The number of aromatic nitrogens is 2. The van der Waals surface area contributed by atoms with Crippen molar-refractivity contribution < 1.29 is 4.74 Å². The molecule has 5 heteroatoms. The predicted molar refractivity (Wildman–Crippen MR) is 64.2 cm³/mol. The number of nitrogens with one attached hydrogen (secondary N) is 1. The summed E-state index contributed by atoms with van der Waals surface area (Å²) in [7, 11) is 3.53. The molecule has 0 atom stereocenters. The molecule has 1 heterocycles. The van der Waals surface area contributed by atoms with Crippen LogP contribution in [0.3, 0.4) is 0 Å². The first-order valence-electron chi connectivity index (χ1n) is 4.94. The fraction of sp³-hybridized carbons (Fsp3) is 0.600. The van der Waals surface area contributed by atoms with Gasteiger partial charge in [0.15, 0.2) is 0 Å². The van der Waals surface area contributed by atoms with Gasteiger partial charge in [-0.3, -0.25) is 0 Å². The van der Waals surface area contributed by atoms with Gasteiger partial charge in [0.05, 0.1) is 16.8 Å². The molecule has 84 valence electrons. The van der Waals surface area contributed by atoms with E-state index in [1.807, 2.05) is 7.05 Å². The summed E-state index contributed by atoms with van der Waals surface area (Å²) in [5, 5.41) is 3.05. The Morgan fingerprint density at radius 3 is 2.67 bits per heavy atom. The van der Waals surface area contributed by atoms with Crippen LogP contribution < -0.4 is 5.32 Å². The average Bonchev–Trinajstić information content (AvgIpc) is 2.27. The molecule has 0 aromatic carbocycles. The maximum Gasteiger partial charge on any atom is 0.144 e. The summed E-state index contributed by atoms with van der Waals surface area (Å²) in [5.41, 5.74) is 1.03. The van der Waals surface area contributed by atoms with E-state index in [1.165, 1.54) is 0 Å². The average molecular weight is 274 g/mol. The summed E-state index contributed by atoms with van der Waals surface area (Å²) in [5.74, 6) is 1.66. The summed E-state index contributed by atoms with van der Waals surface area (Å²) in [4.78, 5) is 8.85. The van der Waals surface area contributed by atoms with Gasteiger partial charge in [-0.2, -0.15) is 0 Å². The SMILES string of the molecule is CCc1nc(CCOC)nc(NC)c1Br. The minimum Gasteiger partial charge on any atom is -0.384 e. The maximum atomic E-state index is 5.01. The lowest BCUT2D eigenvalue weighted by Gasteiger charge is -2.09. The van der Waals surface area contributed by atoms with Crippen LogP contribution in [0.15, 0.2) is 4.47 Å². The summed E-state index contributed by atoms with van der Waals surface area (Å²) in [6.45, 7) is 2.72. The number of aryl methyl sites for hydroxylation is 1. The van der Waals surface area contributed by atoms with Crippen molar-refractivity contribution in [1.82, 2.24) is 9.97 Å². The van der Waals surface area contributed by atoms with Crippen LogP contribution in [0, 0.1) is 0 Å². The van der Waals surface area contributed by atoms with Crippen LogP contribution >= 0.6 is 15.9 Å². The Morgan fingerprint density at radius 2 is 2.13 bits per heavy atom. The predicted octanol–water partition coefficient (Wildman–Crippen LogP) is 2.03. The molecule has 0 spiro atoms. The Balaban J connectivity index is 2.98. The maximum absolute atomic E-state index is 5.01. The monoisotopic (exact) mass is 273 g/mol. The van der Waals surface area contributed by atoms with E-state index in [9.17, 15) is 0 Å². The molecular formula is C10H16BrN3O. The number of methoxy groups -OCH3 is 1. The van der Waals surface area contributed by atoms with E-state index in [0.717, 1.165) is 34.7 Å². The summed E-state index contributed by atoms with van der Waals surface area (Å²) < 4.78 is 5.96. The molecule has 0 bridgehead atoms. The first kappa shape index (κ1) is 12.4. The van der Waals surface area contributed by atoms with Crippen LogP contribution in [-0.4, -0.2) is 30.7 Å². The lowest BCUT2D eigenvalue weighted by molar-refractivity contribution is 0.200. The molecule has 0 saturated carbocycles. The van der Waals surface area contributed by atoms with Gasteiger partial charge in [-0.25, -0.2) is 9.97 Å². The fourth-order valence-electron chi connectivity index (χ4n) is 1.25. The molecule has 0 aliphatic carbocycles. The molecule has 15 heavy (non-hydrogen) atoms. The van der Waals surface area contributed by atoms with Gasteiger partial charge in [-0.15, -0.1) is 0 Å². The van der Waals surface area contributed by atoms with E-state index >= 15 is 0 Å². The largest absolute Gasteiger partial charge is 0.384 e. The van der Waals surface area contributed by atoms with Gasteiger partial charge >= 0.3 is 0 Å². The quantitative estimate of drug-likeness (QED) is 0.892. The third-order valence-electron chi connectivity index (χ3n) is 2.07. The zero-order valence-corrected chi connectivity index (χ0v) is 10.9. The van der Waals surface area contributed by atoms with Crippen molar-refractivity contribution in [3.8, 4) is 0 Å². The molecule has 0 aliphatic heterocycles. The highest BCUT2D eigenvalue weighted by atomic mass is 79.9. The lowest BCUT2D eigenvalue weighted by Crippen LogP contribution is -2.07. The molecule has 1 aromatic heterocycles. The van der Waals surface area contributed by atoms with Gasteiger partial charge in [0.1, 0.15) is 11.6 Å². The van der Waals surface area contributed by atoms with Crippen LogP contribution in [-0.2, 0) is 17.6 Å². The second-order valence-electron chi connectivity index (χ2n) is 3.10. The molecule has 0 unspecified atom stereocenters. The molecule has 1 N–H and O–H groups in total. The number of rotatable bonds is 5. The molecular weight excluding hydrogens is 258 g/mol. The summed E-state index contributed by atoms with van der Waals surface area (Å²) >= 11 is 3.49. The van der Waals surface area contributed by atoms with E-state index in [2.05, 4.69) is 38.1 Å². The zero-order valence-electron chi connectivity index (χ0n) is 9.30. The van der Waals surface area contributed by atoms with E-state index in [0.29, 0.717) is 6.61 Å². The highest BCUT2D eigenvalue weighted by Crippen LogP contribution is 2.23. The topological polar surface area (TPSA) is 47.0 Å². The summed E-state index contributed by atoms with van der Waals surface area (Å²) in [6.07, 6.45) is 1.63. The van der Waals surface area contributed by atoms with E-state index in [1.54, 1.807) is 7.11 Å². The first-order valence-corrected chi connectivity index (χ1v) is 5.74. The van der Waals surface area contributed by atoms with Crippen molar-refractivity contribution in [2.45, 2.75) is 19.8 Å². The third kappa shape index (κ3) is 3.14. The van der Waals surface area contributed by atoms with Crippen molar-refractivity contribution in [1.29, 1.82) is 0 Å². The number of anilines is 1. The standard InChI is InChI=1S/C10H16BrN3O/c1-4-7-9(11)10(12-2)14-8(13-7)5-6-15-3/h4-6H2,1-3H3,(H,12,13,14). The molecule has 0 fully saturated rings.